The zero-order valence-corrected chi connectivity index (χ0v) is 8.24. The van der Waals surface area contributed by atoms with E-state index in [9.17, 15) is 4.79 Å². The summed E-state index contributed by atoms with van der Waals surface area (Å²) in [6.07, 6.45) is 1.37. The van der Waals surface area contributed by atoms with Gasteiger partial charge < -0.3 is 10.8 Å². The summed E-state index contributed by atoms with van der Waals surface area (Å²) in [5.74, 6) is -0.702. The first-order valence-electron chi connectivity index (χ1n) is 4.17. The van der Waals surface area contributed by atoms with Crippen molar-refractivity contribution in [3.63, 3.8) is 0 Å². The van der Waals surface area contributed by atoms with Gasteiger partial charge >= 0.3 is 0 Å². The summed E-state index contributed by atoms with van der Waals surface area (Å²) < 4.78 is 0. The first-order valence-corrected chi connectivity index (χ1v) is 4.55. The number of rotatable bonds is 4. The van der Waals surface area contributed by atoms with Crippen LogP contribution in [-0.4, -0.2) is 22.1 Å². The molecule has 1 rings (SSSR count). The largest absolute Gasteiger partial charge is 0.383 e. The monoisotopic (exact) mass is 214 g/mol. The molecule has 0 fully saturated rings. The smallest absolute Gasteiger partial charge is 0.246 e. The van der Waals surface area contributed by atoms with Crippen molar-refractivity contribution in [1.29, 1.82) is 0 Å². The van der Waals surface area contributed by atoms with Gasteiger partial charge in [-0.2, -0.15) is 0 Å². The van der Waals surface area contributed by atoms with Crippen molar-refractivity contribution in [2.75, 3.05) is 0 Å². The second kappa shape index (κ2) is 4.93. The Bertz CT molecular complexity index is 313. The van der Waals surface area contributed by atoms with Gasteiger partial charge in [0, 0.05) is 6.20 Å². The van der Waals surface area contributed by atoms with Crippen molar-refractivity contribution in [3.8, 4) is 0 Å². The van der Waals surface area contributed by atoms with Crippen LogP contribution in [0.3, 0.4) is 0 Å². The summed E-state index contributed by atoms with van der Waals surface area (Å²) in [6.45, 7) is 0. The molecular formula is C9H11ClN2O2. The molecule has 0 saturated carbocycles. The number of halogens is 1. The Labute approximate surface area is 86.7 Å². The molecule has 0 spiro atoms. The number of nitrogens with two attached hydrogens (primary N) is 1. The normalized spacial score (nSPS) is 12.4. The van der Waals surface area contributed by atoms with Crippen LogP contribution in [0, 0.1) is 0 Å². The third-order valence-corrected chi connectivity index (χ3v) is 2.05. The average molecular weight is 215 g/mol. The van der Waals surface area contributed by atoms with Gasteiger partial charge in [0.2, 0.25) is 5.91 Å². The summed E-state index contributed by atoms with van der Waals surface area (Å²) in [4.78, 5) is 14.4. The van der Waals surface area contributed by atoms with Gasteiger partial charge in [0.15, 0.2) is 0 Å². The number of aliphatic hydroxyl groups is 1. The van der Waals surface area contributed by atoms with Crippen LogP contribution in [0.25, 0.3) is 0 Å². The lowest BCUT2D eigenvalue weighted by Crippen LogP contribution is -2.28. The molecule has 4 nitrogen and oxygen atoms in total. The maximum absolute atomic E-state index is 10.5. The molecule has 1 atom stereocenters. The predicted molar refractivity (Wildman–Crippen MR) is 52.8 cm³/mol. The summed E-state index contributed by atoms with van der Waals surface area (Å²) in [6, 6.07) is 3.45. The van der Waals surface area contributed by atoms with Crippen molar-refractivity contribution >= 4 is 17.5 Å². The van der Waals surface area contributed by atoms with Crippen LogP contribution in [0.15, 0.2) is 18.3 Å². The molecule has 76 valence electrons. The first kappa shape index (κ1) is 10.9. The van der Waals surface area contributed by atoms with Crippen molar-refractivity contribution in [2.45, 2.75) is 18.9 Å². The number of aryl methyl sites for hydroxylation is 1. The Hall–Kier alpha value is -1.13. The van der Waals surface area contributed by atoms with Crippen molar-refractivity contribution in [2.24, 2.45) is 5.73 Å². The first-order chi connectivity index (χ1) is 6.59. The third kappa shape index (κ3) is 3.32. The molecule has 1 aromatic rings. The minimum atomic E-state index is -1.09. The van der Waals surface area contributed by atoms with Crippen molar-refractivity contribution in [3.05, 3.63) is 29.0 Å². The average Bonchev–Trinajstić information content (AvgIpc) is 2.16. The standard InChI is InChI=1S/C9H11ClN2O2/c10-8-4-2-6(5-12-8)1-3-7(13)9(11)14/h2,4-5,7,13H,1,3H2,(H2,11,14). The molecule has 14 heavy (non-hydrogen) atoms. The molecule has 1 unspecified atom stereocenters. The molecule has 1 aromatic heterocycles. The van der Waals surface area contributed by atoms with Crippen LogP contribution in [0.4, 0.5) is 0 Å². The third-order valence-electron chi connectivity index (χ3n) is 1.82. The number of aromatic nitrogens is 1. The number of carbonyl (C=O) groups excluding carboxylic acids is 1. The molecule has 0 aliphatic rings. The predicted octanol–water partition coefficient (Wildman–Crippen LogP) is 0.514. The summed E-state index contributed by atoms with van der Waals surface area (Å²) in [5.41, 5.74) is 5.81. The lowest BCUT2D eigenvalue weighted by atomic mass is 10.1. The van der Waals surface area contributed by atoms with Gasteiger partial charge in [0.05, 0.1) is 0 Å². The number of primary amides is 1. The number of carbonyl (C=O) groups is 1. The van der Waals surface area contributed by atoms with Gasteiger partial charge in [0.1, 0.15) is 11.3 Å². The zero-order chi connectivity index (χ0) is 10.6. The van der Waals surface area contributed by atoms with Crippen LogP contribution in [0.5, 0.6) is 0 Å². The highest BCUT2D eigenvalue weighted by atomic mass is 35.5. The fourth-order valence-corrected chi connectivity index (χ4v) is 1.11. The van der Waals surface area contributed by atoms with Gasteiger partial charge in [-0.05, 0) is 24.5 Å². The van der Waals surface area contributed by atoms with Crippen molar-refractivity contribution < 1.29 is 9.90 Å². The van der Waals surface area contributed by atoms with Gasteiger partial charge in [-0.25, -0.2) is 4.98 Å². The van der Waals surface area contributed by atoms with E-state index < -0.39 is 12.0 Å². The SMILES string of the molecule is NC(=O)C(O)CCc1ccc(Cl)nc1. The van der Waals surface area contributed by atoms with Gasteiger partial charge in [-0.3, -0.25) is 4.79 Å². The minimum absolute atomic E-state index is 0.304. The molecule has 3 N–H and O–H groups in total. The number of hydrogen-bond donors (Lipinski definition) is 2. The summed E-state index contributed by atoms with van der Waals surface area (Å²) >= 11 is 5.59. The number of pyridine rings is 1. The lowest BCUT2D eigenvalue weighted by molar-refractivity contribution is -0.126. The second-order valence-corrected chi connectivity index (χ2v) is 3.33. The molecule has 0 radical (unpaired) electrons. The number of aliphatic hydroxyl groups excluding tert-OH is 1. The minimum Gasteiger partial charge on any atom is -0.383 e. The van der Waals surface area contributed by atoms with Gasteiger partial charge in [-0.15, -0.1) is 0 Å². The second-order valence-electron chi connectivity index (χ2n) is 2.95. The fraction of sp³-hybridized carbons (Fsp3) is 0.333. The highest BCUT2D eigenvalue weighted by Crippen LogP contribution is 2.08. The molecular weight excluding hydrogens is 204 g/mol. The Morgan fingerprint density at radius 2 is 2.36 bits per heavy atom. The Kier molecular flexibility index (Phi) is 3.85. The fourth-order valence-electron chi connectivity index (χ4n) is 1.000. The lowest BCUT2D eigenvalue weighted by Gasteiger charge is -2.05. The highest BCUT2D eigenvalue weighted by molar-refractivity contribution is 6.29. The zero-order valence-electron chi connectivity index (χ0n) is 7.48. The molecule has 0 bridgehead atoms. The van der Waals surface area contributed by atoms with Crippen LogP contribution < -0.4 is 5.73 Å². The molecule has 1 amide bonds. The maximum atomic E-state index is 10.5. The van der Waals surface area contributed by atoms with Crippen LogP contribution in [0.1, 0.15) is 12.0 Å². The van der Waals surface area contributed by atoms with E-state index in [1.54, 1.807) is 18.3 Å². The Morgan fingerprint density at radius 3 is 2.86 bits per heavy atom. The molecule has 0 aliphatic carbocycles. The number of amides is 1. The van der Waals surface area contributed by atoms with E-state index in [4.69, 9.17) is 22.4 Å². The van der Waals surface area contributed by atoms with Crippen molar-refractivity contribution in [1.82, 2.24) is 4.98 Å². The Balaban J connectivity index is 2.46. The van der Waals surface area contributed by atoms with Crippen LogP contribution in [-0.2, 0) is 11.2 Å². The van der Waals surface area contributed by atoms with E-state index in [0.717, 1.165) is 5.56 Å². The summed E-state index contributed by atoms with van der Waals surface area (Å²) in [5, 5.41) is 9.54. The summed E-state index contributed by atoms with van der Waals surface area (Å²) in [7, 11) is 0. The van der Waals surface area contributed by atoms with Crippen LogP contribution >= 0.6 is 11.6 Å². The van der Waals surface area contributed by atoms with E-state index >= 15 is 0 Å². The number of hydrogen-bond acceptors (Lipinski definition) is 3. The molecule has 0 aliphatic heterocycles. The highest BCUT2D eigenvalue weighted by Gasteiger charge is 2.10. The molecule has 1 heterocycles. The molecule has 0 saturated heterocycles. The van der Waals surface area contributed by atoms with E-state index in [-0.39, 0.29) is 0 Å². The van der Waals surface area contributed by atoms with E-state index in [1.807, 2.05) is 0 Å². The van der Waals surface area contributed by atoms with E-state index in [2.05, 4.69) is 4.98 Å². The van der Waals surface area contributed by atoms with Gasteiger partial charge in [0.25, 0.3) is 0 Å². The molecule has 0 aromatic carbocycles. The van der Waals surface area contributed by atoms with E-state index in [0.29, 0.717) is 18.0 Å². The van der Waals surface area contributed by atoms with Crippen LogP contribution in [0.2, 0.25) is 5.15 Å². The van der Waals surface area contributed by atoms with Gasteiger partial charge in [-0.1, -0.05) is 17.7 Å². The maximum Gasteiger partial charge on any atom is 0.246 e. The Morgan fingerprint density at radius 1 is 1.64 bits per heavy atom. The quantitative estimate of drug-likeness (QED) is 0.718. The molecule has 5 heteroatoms. The number of nitrogens with zero attached hydrogens (tertiary/aromatic N) is 1. The van der Waals surface area contributed by atoms with E-state index in [1.165, 1.54) is 0 Å². The topological polar surface area (TPSA) is 76.2 Å².